The summed E-state index contributed by atoms with van der Waals surface area (Å²) in [4.78, 5) is 29.9. The van der Waals surface area contributed by atoms with Crippen molar-refractivity contribution in [2.45, 2.75) is 19.9 Å². The molecule has 0 saturated carbocycles. The van der Waals surface area contributed by atoms with Gasteiger partial charge in [0, 0.05) is 31.2 Å². The quantitative estimate of drug-likeness (QED) is 0.535. The minimum absolute atomic E-state index is 0.0424. The highest BCUT2D eigenvalue weighted by atomic mass is 35.5. The third-order valence-electron chi connectivity index (χ3n) is 6.10. The van der Waals surface area contributed by atoms with Gasteiger partial charge < -0.3 is 9.64 Å². The van der Waals surface area contributed by atoms with Crippen LogP contribution >= 0.6 is 11.6 Å². The molecule has 0 spiro atoms. The van der Waals surface area contributed by atoms with Crippen molar-refractivity contribution < 1.29 is 14.3 Å². The molecule has 1 amide bonds. The lowest BCUT2D eigenvalue weighted by atomic mass is 10.0. The Balaban J connectivity index is 1.52. The Bertz CT molecular complexity index is 1150. The fraction of sp³-hybridized carbons (Fsp3) is 0.320. The molecule has 7 nitrogen and oxygen atoms in total. The first kappa shape index (κ1) is 23.0. The lowest BCUT2D eigenvalue weighted by Crippen LogP contribution is -2.51. The maximum atomic E-state index is 13.4. The summed E-state index contributed by atoms with van der Waals surface area (Å²) in [6.45, 7) is 5.82. The molecule has 3 aromatic rings. The molecular weight excluding hydrogens is 440 g/mol. The van der Waals surface area contributed by atoms with Gasteiger partial charge in [0.2, 0.25) is 0 Å². The molecule has 1 saturated heterocycles. The Morgan fingerprint density at radius 3 is 2.24 bits per heavy atom. The number of rotatable bonds is 5. The number of hydrogen-bond acceptors (Lipinski definition) is 5. The van der Waals surface area contributed by atoms with Gasteiger partial charge in [-0.15, -0.1) is 0 Å². The number of piperazine rings is 1. The van der Waals surface area contributed by atoms with Crippen LogP contribution < -0.4 is 0 Å². The second-order valence-corrected chi connectivity index (χ2v) is 8.48. The second-order valence-electron chi connectivity index (χ2n) is 8.07. The van der Waals surface area contributed by atoms with Gasteiger partial charge in [0.25, 0.3) is 5.91 Å². The zero-order chi connectivity index (χ0) is 23.5. The van der Waals surface area contributed by atoms with E-state index in [1.165, 1.54) is 7.11 Å². The van der Waals surface area contributed by atoms with E-state index in [-0.39, 0.29) is 11.9 Å². The van der Waals surface area contributed by atoms with Crippen molar-refractivity contribution in [1.82, 2.24) is 19.6 Å². The van der Waals surface area contributed by atoms with E-state index in [1.807, 2.05) is 76.9 Å². The molecule has 1 fully saturated rings. The summed E-state index contributed by atoms with van der Waals surface area (Å²) >= 11 is 6.38. The van der Waals surface area contributed by atoms with Gasteiger partial charge in [-0.1, -0.05) is 48.0 Å². The first-order chi connectivity index (χ1) is 15.9. The number of carbonyl (C=O) groups excluding carboxylic acids is 2. The average molecular weight is 467 g/mol. The molecule has 2 aromatic carbocycles. The standard InChI is InChI=1S/C25H27ClN4O3/c1-17-22(18(2)30(27-17)19-9-5-4-6-10-19)24(31)29-15-13-28(14-16-29)23(25(32)33-3)20-11-7-8-12-21(20)26/h4-12,23H,13-16H2,1-3H3. The monoisotopic (exact) mass is 466 g/mol. The average Bonchev–Trinajstić information content (AvgIpc) is 3.14. The number of amides is 1. The smallest absolute Gasteiger partial charge is 0.327 e. The Kier molecular flexibility index (Phi) is 6.81. The van der Waals surface area contributed by atoms with Crippen LogP contribution in [-0.2, 0) is 9.53 Å². The minimum Gasteiger partial charge on any atom is -0.468 e. The second kappa shape index (κ2) is 9.77. The summed E-state index contributed by atoms with van der Waals surface area (Å²) in [7, 11) is 1.38. The lowest BCUT2D eigenvalue weighted by molar-refractivity contribution is -0.148. The van der Waals surface area contributed by atoms with Crippen LogP contribution in [0.5, 0.6) is 0 Å². The summed E-state index contributed by atoms with van der Waals surface area (Å²) in [5.74, 6) is -0.405. The maximum absolute atomic E-state index is 13.4. The number of benzene rings is 2. The Morgan fingerprint density at radius 2 is 1.61 bits per heavy atom. The van der Waals surface area contributed by atoms with E-state index < -0.39 is 6.04 Å². The predicted octanol–water partition coefficient (Wildman–Crippen LogP) is 3.81. The molecule has 1 unspecified atom stereocenters. The van der Waals surface area contributed by atoms with E-state index in [1.54, 1.807) is 6.07 Å². The molecule has 0 aliphatic carbocycles. The molecule has 0 bridgehead atoms. The Labute approximate surface area is 198 Å². The van der Waals surface area contributed by atoms with Crippen LogP contribution in [0.2, 0.25) is 5.02 Å². The molecular formula is C25H27ClN4O3. The zero-order valence-corrected chi connectivity index (χ0v) is 19.7. The van der Waals surface area contributed by atoms with Gasteiger partial charge in [-0.2, -0.15) is 5.10 Å². The lowest BCUT2D eigenvalue weighted by Gasteiger charge is -2.38. The van der Waals surface area contributed by atoms with E-state index >= 15 is 0 Å². The number of ether oxygens (including phenoxy) is 1. The van der Waals surface area contributed by atoms with Crippen molar-refractivity contribution >= 4 is 23.5 Å². The van der Waals surface area contributed by atoms with Crippen molar-refractivity contribution in [3.63, 3.8) is 0 Å². The summed E-state index contributed by atoms with van der Waals surface area (Å²) in [6.07, 6.45) is 0. The third kappa shape index (κ3) is 4.51. The highest BCUT2D eigenvalue weighted by Gasteiger charge is 2.34. The van der Waals surface area contributed by atoms with Crippen molar-refractivity contribution in [2.24, 2.45) is 0 Å². The first-order valence-electron chi connectivity index (χ1n) is 10.9. The summed E-state index contributed by atoms with van der Waals surface area (Å²) in [5.41, 5.74) is 3.77. The van der Waals surface area contributed by atoms with Crippen molar-refractivity contribution in [2.75, 3.05) is 33.3 Å². The molecule has 4 rings (SSSR count). The Hall–Kier alpha value is -3.16. The van der Waals surface area contributed by atoms with Crippen molar-refractivity contribution in [3.8, 4) is 5.69 Å². The topological polar surface area (TPSA) is 67.7 Å². The van der Waals surface area contributed by atoms with Gasteiger partial charge in [-0.3, -0.25) is 9.69 Å². The van der Waals surface area contributed by atoms with Crippen molar-refractivity contribution in [1.29, 1.82) is 0 Å². The molecule has 1 aromatic heterocycles. The number of methoxy groups -OCH3 is 1. The van der Waals surface area contributed by atoms with Gasteiger partial charge in [-0.05, 0) is 37.6 Å². The number of hydrogen-bond donors (Lipinski definition) is 0. The van der Waals surface area contributed by atoms with E-state index in [4.69, 9.17) is 16.3 Å². The molecule has 0 N–H and O–H groups in total. The van der Waals surface area contributed by atoms with Gasteiger partial charge >= 0.3 is 5.97 Å². The number of aromatic nitrogens is 2. The van der Waals surface area contributed by atoms with E-state index in [0.717, 1.165) is 11.4 Å². The molecule has 0 radical (unpaired) electrons. The highest BCUT2D eigenvalue weighted by molar-refractivity contribution is 6.31. The predicted molar refractivity (Wildman–Crippen MR) is 127 cm³/mol. The molecule has 1 aliphatic rings. The van der Waals surface area contributed by atoms with E-state index in [2.05, 4.69) is 5.10 Å². The summed E-state index contributed by atoms with van der Waals surface area (Å²) < 4.78 is 6.87. The van der Waals surface area contributed by atoms with Crippen LogP contribution in [0.3, 0.4) is 0 Å². The van der Waals surface area contributed by atoms with Gasteiger partial charge in [-0.25, -0.2) is 9.48 Å². The molecule has 33 heavy (non-hydrogen) atoms. The molecule has 172 valence electrons. The number of nitrogens with zero attached hydrogens (tertiary/aromatic N) is 4. The maximum Gasteiger partial charge on any atom is 0.327 e. The Morgan fingerprint density at radius 1 is 0.970 bits per heavy atom. The number of esters is 1. The molecule has 2 heterocycles. The van der Waals surface area contributed by atoms with Crippen molar-refractivity contribution in [3.05, 3.63) is 82.1 Å². The van der Waals surface area contributed by atoms with Gasteiger partial charge in [0.1, 0.15) is 6.04 Å². The van der Waals surface area contributed by atoms with Gasteiger partial charge in [0.15, 0.2) is 0 Å². The van der Waals surface area contributed by atoms with E-state index in [0.29, 0.717) is 48.0 Å². The van der Waals surface area contributed by atoms with Crippen LogP contribution in [-0.4, -0.2) is 64.7 Å². The van der Waals surface area contributed by atoms with Gasteiger partial charge in [0.05, 0.1) is 29.7 Å². The number of carbonyl (C=O) groups is 2. The van der Waals surface area contributed by atoms with Crippen LogP contribution in [0, 0.1) is 13.8 Å². The SMILES string of the molecule is COC(=O)C(c1ccccc1Cl)N1CCN(C(=O)c2c(C)nn(-c3ccccc3)c2C)CC1. The minimum atomic E-state index is -0.606. The van der Waals surface area contributed by atoms with Crippen LogP contribution in [0.4, 0.5) is 0 Å². The fourth-order valence-electron chi connectivity index (χ4n) is 4.40. The highest BCUT2D eigenvalue weighted by Crippen LogP contribution is 2.30. The number of halogens is 1. The largest absolute Gasteiger partial charge is 0.468 e. The fourth-order valence-corrected chi connectivity index (χ4v) is 4.63. The van der Waals surface area contributed by atoms with Crippen LogP contribution in [0.15, 0.2) is 54.6 Å². The number of aryl methyl sites for hydroxylation is 1. The van der Waals surface area contributed by atoms with E-state index in [9.17, 15) is 9.59 Å². The zero-order valence-electron chi connectivity index (χ0n) is 19.0. The summed E-state index contributed by atoms with van der Waals surface area (Å²) in [5, 5.41) is 5.13. The first-order valence-corrected chi connectivity index (χ1v) is 11.3. The normalized spacial score (nSPS) is 15.3. The van der Waals surface area contributed by atoms with Crippen LogP contribution in [0.25, 0.3) is 5.69 Å². The van der Waals surface area contributed by atoms with Crippen LogP contribution in [0.1, 0.15) is 33.4 Å². The molecule has 1 atom stereocenters. The molecule has 1 aliphatic heterocycles. The summed E-state index contributed by atoms with van der Waals surface area (Å²) in [6, 6.07) is 16.5. The molecule has 8 heteroatoms. The third-order valence-corrected chi connectivity index (χ3v) is 6.44. The number of para-hydroxylation sites is 1.